The van der Waals surface area contributed by atoms with Crippen LogP contribution in [-0.2, 0) is 9.59 Å². The van der Waals surface area contributed by atoms with Crippen molar-refractivity contribution in [2.24, 2.45) is 4.99 Å². The van der Waals surface area contributed by atoms with Crippen molar-refractivity contribution >= 4 is 72.4 Å². The molecule has 0 unspecified atom stereocenters. The Kier molecular flexibility index (Phi) is 7.79. The molecule has 0 aromatic heterocycles. The minimum Gasteiger partial charge on any atom is -0.497 e. The number of ether oxygens (including phenoxy) is 2. The molecule has 0 spiro atoms. The monoisotopic (exact) mass is 568 g/mol. The van der Waals surface area contributed by atoms with E-state index in [4.69, 9.17) is 14.6 Å². The molecule has 1 aliphatic heterocycles. The van der Waals surface area contributed by atoms with Gasteiger partial charge in [-0.25, -0.2) is 9.79 Å². The summed E-state index contributed by atoms with van der Waals surface area (Å²) in [5.41, 5.74) is 1.47. The van der Waals surface area contributed by atoms with Crippen LogP contribution in [0.5, 0.6) is 11.5 Å². The highest BCUT2D eigenvalue weighted by Crippen LogP contribution is 2.38. The van der Waals surface area contributed by atoms with Crippen molar-refractivity contribution < 1.29 is 24.2 Å². The molecule has 162 valence electrons. The molecule has 1 fully saturated rings. The third-order valence-electron chi connectivity index (χ3n) is 4.16. The number of amidine groups is 1. The lowest BCUT2D eigenvalue weighted by molar-refractivity contribution is -0.139. The maximum Gasteiger partial charge on any atom is 0.341 e. The topological polar surface area (TPSA) is 88.4 Å². The van der Waals surface area contributed by atoms with E-state index in [-0.39, 0.29) is 5.91 Å². The van der Waals surface area contributed by atoms with Crippen LogP contribution in [0.4, 0.5) is 5.69 Å². The van der Waals surface area contributed by atoms with Crippen LogP contribution in [0.3, 0.4) is 0 Å². The second-order valence-electron chi connectivity index (χ2n) is 6.25. The second-order valence-corrected chi connectivity index (χ2v) is 8.97. The van der Waals surface area contributed by atoms with E-state index in [1.54, 1.807) is 30.2 Å². The first kappa shape index (κ1) is 23.4. The molecule has 0 bridgehead atoms. The van der Waals surface area contributed by atoms with Crippen LogP contribution < -0.4 is 9.47 Å². The number of carbonyl (C=O) groups excluding carboxylic acids is 1. The van der Waals surface area contributed by atoms with Crippen LogP contribution in [0.25, 0.3) is 6.08 Å². The van der Waals surface area contributed by atoms with Gasteiger partial charge in [-0.05, 0) is 98.6 Å². The number of likely N-dealkylation sites (N-methyl/N-ethyl adjacent to an activating group) is 1. The molecule has 2 aromatic carbocycles. The molecule has 1 saturated heterocycles. The van der Waals surface area contributed by atoms with Crippen molar-refractivity contribution in [3.8, 4) is 11.5 Å². The molecular formula is C21H18Br2N2O5S. The molecule has 0 saturated carbocycles. The van der Waals surface area contributed by atoms with Crippen LogP contribution in [-0.4, -0.2) is 47.3 Å². The SMILES string of the molecule is CCN1C(=O)/C(=C\c2cc(Br)c(OCC(=O)O)c(Br)c2)SC1=Nc1ccc(OC)cc1. The van der Waals surface area contributed by atoms with Crippen LogP contribution in [0.1, 0.15) is 12.5 Å². The van der Waals surface area contributed by atoms with E-state index >= 15 is 0 Å². The Bertz CT molecular complexity index is 1050. The van der Waals surface area contributed by atoms with E-state index in [0.29, 0.717) is 31.3 Å². The molecule has 0 atom stereocenters. The van der Waals surface area contributed by atoms with Gasteiger partial charge in [0, 0.05) is 6.54 Å². The van der Waals surface area contributed by atoms with Crippen LogP contribution >= 0.6 is 43.6 Å². The van der Waals surface area contributed by atoms with Crippen molar-refractivity contribution in [2.45, 2.75) is 6.92 Å². The van der Waals surface area contributed by atoms with Crippen LogP contribution in [0.15, 0.2) is 55.2 Å². The zero-order chi connectivity index (χ0) is 22.5. The van der Waals surface area contributed by atoms with Crippen molar-refractivity contribution in [1.29, 1.82) is 0 Å². The summed E-state index contributed by atoms with van der Waals surface area (Å²) in [6.45, 7) is 1.93. The van der Waals surface area contributed by atoms with Gasteiger partial charge in [0.1, 0.15) is 11.5 Å². The normalized spacial score (nSPS) is 16.3. The first-order valence-electron chi connectivity index (χ1n) is 9.10. The molecule has 0 radical (unpaired) electrons. The number of halogens is 2. The van der Waals surface area contributed by atoms with Crippen molar-refractivity contribution in [3.05, 3.63) is 55.8 Å². The predicted octanol–water partition coefficient (Wildman–Crippen LogP) is 5.31. The van der Waals surface area contributed by atoms with Gasteiger partial charge in [0.2, 0.25) is 0 Å². The summed E-state index contributed by atoms with van der Waals surface area (Å²) < 4.78 is 11.6. The summed E-state index contributed by atoms with van der Waals surface area (Å²) in [7, 11) is 1.60. The molecule has 1 N–H and O–H groups in total. The summed E-state index contributed by atoms with van der Waals surface area (Å²) >= 11 is 8.08. The Morgan fingerprint density at radius 3 is 2.42 bits per heavy atom. The summed E-state index contributed by atoms with van der Waals surface area (Å²) in [6.07, 6.45) is 1.77. The van der Waals surface area contributed by atoms with Gasteiger partial charge in [-0.1, -0.05) is 0 Å². The van der Waals surface area contributed by atoms with Gasteiger partial charge in [0.15, 0.2) is 11.8 Å². The first-order chi connectivity index (χ1) is 14.8. The maximum absolute atomic E-state index is 12.9. The molecule has 1 heterocycles. The minimum atomic E-state index is -1.07. The highest BCUT2D eigenvalue weighted by Gasteiger charge is 2.32. The fourth-order valence-corrected chi connectivity index (χ4v) is 5.24. The highest BCUT2D eigenvalue weighted by atomic mass is 79.9. The molecule has 3 rings (SSSR count). The lowest BCUT2D eigenvalue weighted by Crippen LogP contribution is -2.28. The number of benzene rings is 2. The van der Waals surface area contributed by atoms with Crippen LogP contribution in [0, 0.1) is 0 Å². The molecule has 10 heteroatoms. The Morgan fingerprint density at radius 1 is 1.23 bits per heavy atom. The number of nitrogens with zero attached hydrogens (tertiary/aromatic N) is 2. The van der Waals surface area contributed by atoms with Gasteiger partial charge >= 0.3 is 5.97 Å². The number of hydrogen-bond donors (Lipinski definition) is 1. The van der Waals surface area contributed by atoms with Gasteiger partial charge in [-0.3, -0.25) is 9.69 Å². The van der Waals surface area contributed by atoms with Crippen molar-refractivity contribution in [2.75, 3.05) is 20.3 Å². The summed E-state index contributed by atoms with van der Waals surface area (Å²) in [5.74, 6) is -0.0784. The van der Waals surface area contributed by atoms with Crippen molar-refractivity contribution in [3.63, 3.8) is 0 Å². The summed E-state index contributed by atoms with van der Waals surface area (Å²) in [6, 6.07) is 10.8. The number of carbonyl (C=O) groups is 2. The lowest BCUT2D eigenvalue weighted by atomic mass is 10.2. The molecule has 1 amide bonds. The van der Waals surface area contributed by atoms with E-state index in [9.17, 15) is 9.59 Å². The number of hydrogen-bond acceptors (Lipinski definition) is 6. The number of thioether (sulfide) groups is 1. The molecular weight excluding hydrogens is 552 g/mol. The Labute approximate surface area is 200 Å². The lowest BCUT2D eigenvalue weighted by Gasteiger charge is -2.12. The molecule has 0 aliphatic carbocycles. The van der Waals surface area contributed by atoms with Crippen LogP contribution in [0.2, 0.25) is 0 Å². The summed E-state index contributed by atoms with van der Waals surface area (Å²) in [5, 5.41) is 9.41. The quantitative estimate of drug-likeness (QED) is 0.455. The van der Waals surface area contributed by atoms with Gasteiger partial charge in [-0.2, -0.15) is 0 Å². The fourth-order valence-electron chi connectivity index (χ4n) is 2.72. The smallest absolute Gasteiger partial charge is 0.341 e. The Hall–Kier alpha value is -2.30. The number of rotatable bonds is 7. The second kappa shape index (κ2) is 10.3. The Morgan fingerprint density at radius 2 is 1.87 bits per heavy atom. The number of aliphatic imine (C=N–C) groups is 1. The number of carboxylic acids is 1. The third-order valence-corrected chi connectivity index (χ3v) is 6.34. The van der Waals surface area contributed by atoms with Gasteiger partial charge in [-0.15, -0.1) is 0 Å². The zero-order valence-electron chi connectivity index (χ0n) is 16.6. The molecule has 1 aliphatic rings. The van der Waals surface area contributed by atoms with E-state index < -0.39 is 12.6 Å². The molecule has 31 heavy (non-hydrogen) atoms. The Balaban J connectivity index is 1.87. The number of methoxy groups -OCH3 is 1. The zero-order valence-corrected chi connectivity index (χ0v) is 20.6. The van der Waals surface area contributed by atoms with Gasteiger partial charge in [0.05, 0.1) is 26.6 Å². The van der Waals surface area contributed by atoms with E-state index in [0.717, 1.165) is 17.0 Å². The predicted molar refractivity (Wildman–Crippen MR) is 128 cm³/mol. The molecule has 7 nitrogen and oxygen atoms in total. The largest absolute Gasteiger partial charge is 0.497 e. The number of aliphatic carboxylic acids is 1. The average molecular weight is 570 g/mol. The summed E-state index contributed by atoms with van der Waals surface area (Å²) in [4.78, 5) is 30.4. The van der Waals surface area contributed by atoms with Gasteiger partial charge < -0.3 is 14.6 Å². The fraction of sp³-hybridized carbons (Fsp3) is 0.190. The standard InChI is InChI=1S/C21H18Br2N2O5S/c1-3-25-20(28)17(31-21(25)24-13-4-6-14(29-2)7-5-13)10-12-8-15(22)19(16(23)9-12)30-11-18(26)27/h4-10H,3,11H2,1-2H3,(H,26,27)/b17-10+,24-21?. The molecule has 2 aromatic rings. The minimum absolute atomic E-state index is 0.127. The number of amides is 1. The average Bonchev–Trinajstić information content (AvgIpc) is 3.01. The first-order valence-corrected chi connectivity index (χ1v) is 11.5. The van der Waals surface area contributed by atoms with Gasteiger partial charge in [0.25, 0.3) is 5.91 Å². The number of carboxylic acid groups (broad SMARTS) is 1. The third kappa shape index (κ3) is 5.69. The van der Waals surface area contributed by atoms with E-state index in [1.165, 1.54) is 11.8 Å². The van der Waals surface area contributed by atoms with E-state index in [2.05, 4.69) is 36.9 Å². The van der Waals surface area contributed by atoms with Crippen molar-refractivity contribution in [1.82, 2.24) is 4.90 Å². The highest BCUT2D eigenvalue weighted by molar-refractivity contribution is 9.11. The maximum atomic E-state index is 12.9. The van der Waals surface area contributed by atoms with E-state index in [1.807, 2.05) is 31.2 Å².